The zero-order valence-electron chi connectivity index (χ0n) is 9.74. The van der Waals surface area contributed by atoms with E-state index in [1.807, 2.05) is 30.3 Å². The maximum atomic E-state index is 5.76. The minimum absolute atomic E-state index is 0. The lowest BCUT2D eigenvalue weighted by molar-refractivity contribution is 0.399. The maximum absolute atomic E-state index is 5.76. The summed E-state index contributed by atoms with van der Waals surface area (Å²) in [6, 6.07) is 9.67. The summed E-state index contributed by atoms with van der Waals surface area (Å²) in [7, 11) is 0. The Hall–Kier alpha value is -1.65. The number of rotatable bonds is 3. The molecule has 3 rings (SSSR count). The van der Waals surface area contributed by atoms with Gasteiger partial charge >= 0.3 is 0 Å². The molecule has 0 aliphatic carbocycles. The highest BCUT2D eigenvalue weighted by molar-refractivity contribution is 5.85. The van der Waals surface area contributed by atoms with Gasteiger partial charge in [-0.25, -0.2) is 4.98 Å². The SMILES string of the molecule is Cl.c1ccc(Oc2nccnc2C2CNC2)cc1. The van der Waals surface area contributed by atoms with Gasteiger partial charge in [0.15, 0.2) is 0 Å². The first kappa shape index (κ1) is 12.8. The Morgan fingerprint density at radius 1 is 1.06 bits per heavy atom. The van der Waals surface area contributed by atoms with Gasteiger partial charge in [-0.2, -0.15) is 0 Å². The van der Waals surface area contributed by atoms with E-state index in [-0.39, 0.29) is 12.4 Å². The lowest BCUT2D eigenvalue weighted by Gasteiger charge is -2.27. The molecular weight excluding hydrogens is 250 g/mol. The van der Waals surface area contributed by atoms with Crippen LogP contribution >= 0.6 is 12.4 Å². The molecule has 2 heterocycles. The van der Waals surface area contributed by atoms with Crippen molar-refractivity contribution in [1.29, 1.82) is 0 Å². The monoisotopic (exact) mass is 263 g/mol. The largest absolute Gasteiger partial charge is 0.437 e. The van der Waals surface area contributed by atoms with Crippen molar-refractivity contribution in [2.45, 2.75) is 5.92 Å². The Kier molecular flexibility index (Phi) is 4.12. The van der Waals surface area contributed by atoms with Crippen molar-refractivity contribution < 1.29 is 4.74 Å². The van der Waals surface area contributed by atoms with Gasteiger partial charge in [0, 0.05) is 31.4 Å². The smallest absolute Gasteiger partial charge is 0.241 e. The predicted molar refractivity (Wildman–Crippen MR) is 71.4 cm³/mol. The van der Waals surface area contributed by atoms with Crippen LogP contribution < -0.4 is 10.1 Å². The summed E-state index contributed by atoms with van der Waals surface area (Å²) in [5, 5.41) is 3.23. The van der Waals surface area contributed by atoms with Crippen LogP contribution in [0.15, 0.2) is 42.7 Å². The molecule has 0 spiro atoms. The zero-order valence-corrected chi connectivity index (χ0v) is 10.6. The summed E-state index contributed by atoms with van der Waals surface area (Å²) in [6.45, 7) is 1.90. The quantitative estimate of drug-likeness (QED) is 0.924. The molecule has 1 aromatic heterocycles. The van der Waals surface area contributed by atoms with Gasteiger partial charge in [0.05, 0.1) is 0 Å². The molecule has 1 fully saturated rings. The highest BCUT2D eigenvalue weighted by Gasteiger charge is 2.24. The van der Waals surface area contributed by atoms with Crippen LogP contribution in [0.4, 0.5) is 0 Å². The van der Waals surface area contributed by atoms with E-state index < -0.39 is 0 Å². The van der Waals surface area contributed by atoms with Crippen LogP contribution in [0.1, 0.15) is 11.6 Å². The van der Waals surface area contributed by atoms with Gasteiger partial charge in [0.25, 0.3) is 0 Å². The van der Waals surface area contributed by atoms with E-state index in [2.05, 4.69) is 15.3 Å². The molecular formula is C13H14ClN3O. The molecule has 0 unspecified atom stereocenters. The summed E-state index contributed by atoms with van der Waals surface area (Å²) in [4.78, 5) is 8.63. The Labute approximate surface area is 112 Å². The van der Waals surface area contributed by atoms with Crippen LogP contribution in [0.5, 0.6) is 11.6 Å². The number of halogens is 1. The number of ether oxygens (including phenoxy) is 1. The van der Waals surface area contributed by atoms with Crippen molar-refractivity contribution in [2.24, 2.45) is 0 Å². The summed E-state index contributed by atoms with van der Waals surface area (Å²) in [6.07, 6.45) is 3.37. The fourth-order valence-electron chi connectivity index (χ4n) is 1.78. The van der Waals surface area contributed by atoms with Crippen LogP contribution in [-0.2, 0) is 0 Å². The van der Waals surface area contributed by atoms with E-state index >= 15 is 0 Å². The van der Waals surface area contributed by atoms with Gasteiger partial charge in [0.2, 0.25) is 5.88 Å². The molecule has 2 aromatic rings. The average Bonchev–Trinajstić information content (AvgIpc) is 2.31. The van der Waals surface area contributed by atoms with E-state index in [0.29, 0.717) is 11.8 Å². The first-order valence-electron chi connectivity index (χ1n) is 5.68. The molecule has 0 saturated carbocycles. The van der Waals surface area contributed by atoms with E-state index in [1.165, 1.54) is 0 Å². The van der Waals surface area contributed by atoms with Crippen molar-refractivity contribution in [1.82, 2.24) is 15.3 Å². The second-order valence-electron chi connectivity index (χ2n) is 4.02. The van der Waals surface area contributed by atoms with Crippen LogP contribution in [0.2, 0.25) is 0 Å². The van der Waals surface area contributed by atoms with Gasteiger partial charge in [-0.05, 0) is 12.1 Å². The number of benzene rings is 1. The van der Waals surface area contributed by atoms with Crippen molar-refractivity contribution >= 4 is 12.4 Å². The molecule has 1 aromatic carbocycles. The summed E-state index contributed by atoms with van der Waals surface area (Å²) >= 11 is 0. The number of hydrogen-bond acceptors (Lipinski definition) is 4. The van der Waals surface area contributed by atoms with Crippen molar-refractivity contribution in [3.05, 3.63) is 48.4 Å². The van der Waals surface area contributed by atoms with Crippen molar-refractivity contribution in [3.63, 3.8) is 0 Å². The Bertz CT molecular complexity index is 503. The van der Waals surface area contributed by atoms with Gasteiger partial charge in [-0.3, -0.25) is 4.98 Å². The lowest BCUT2D eigenvalue weighted by atomic mass is 9.99. The summed E-state index contributed by atoms with van der Waals surface area (Å²) in [5.41, 5.74) is 0.940. The van der Waals surface area contributed by atoms with E-state index in [1.54, 1.807) is 12.4 Å². The van der Waals surface area contributed by atoms with Gasteiger partial charge in [0.1, 0.15) is 11.4 Å². The average molecular weight is 264 g/mol. The molecule has 1 saturated heterocycles. The van der Waals surface area contributed by atoms with Crippen LogP contribution in [0.25, 0.3) is 0 Å². The van der Waals surface area contributed by atoms with Crippen molar-refractivity contribution in [2.75, 3.05) is 13.1 Å². The second-order valence-corrected chi connectivity index (χ2v) is 4.02. The third-order valence-corrected chi connectivity index (χ3v) is 2.82. The molecule has 18 heavy (non-hydrogen) atoms. The fraction of sp³-hybridized carbons (Fsp3) is 0.231. The molecule has 1 N–H and O–H groups in total. The van der Waals surface area contributed by atoms with Gasteiger partial charge in [-0.1, -0.05) is 18.2 Å². The molecule has 94 valence electrons. The second kappa shape index (κ2) is 5.80. The predicted octanol–water partition coefficient (Wildman–Crippen LogP) is 2.38. The number of hydrogen-bond donors (Lipinski definition) is 1. The Balaban J connectivity index is 0.00000120. The molecule has 0 amide bonds. The topological polar surface area (TPSA) is 47.0 Å². The van der Waals surface area contributed by atoms with E-state index in [0.717, 1.165) is 24.5 Å². The molecule has 0 atom stereocenters. The summed E-state index contributed by atoms with van der Waals surface area (Å²) < 4.78 is 5.76. The molecule has 1 aliphatic rings. The molecule has 0 bridgehead atoms. The van der Waals surface area contributed by atoms with E-state index in [4.69, 9.17) is 4.74 Å². The zero-order chi connectivity index (χ0) is 11.5. The molecule has 4 nitrogen and oxygen atoms in total. The minimum atomic E-state index is 0. The van der Waals surface area contributed by atoms with Crippen LogP contribution in [-0.4, -0.2) is 23.1 Å². The maximum Gasteiger partial charge on any atom is 0.241 e. The van der Waals surface area contributed by atoms with Gasteiger partial charge in [-0.15, -0.1) is 12.4 Å². The number of aromatic nitrogens is 2. The third kappa shape index (κ3) is 2.60. The Morgan fingerprint density at radius 2 is 1.78 bits per heavy atom. The number of para-hydroxylation sites is 1. The molecule has 5 heteroatoms. The third-order valence-electron chi connectivity index (χ3n) is 2.82. The normalized spacial score (nSPS) is 14.4. The highest BCUT2D eigenvalue weighted by Crippen LogP contribution is 2.28. The summed E-state index contributed by atoms with van der Waals surface area (Å²) in [5.74, 6) is 1.83. The Morgan fingerprint density at radius 3 is 2.44 bits per heavy atom. The van der Waals surface area contributed by atoms with E-state index in [9.17, 15) is 0 Å². The minimum Gasteiger partial charge on any atom is -0.437 e. The van der Waals surface area contributed by atoms with Gasteiger partial charge < -0.3 is 10.1 Å². The first-order valence-corrected chi connectivity index (χ1v) is 5.68. The standard InChI is InChI=1S/C13H13N3O.ClH/c1-2-4-11(5-3-1)17-13-12(10-8-14-9-10)15-6-7-16-13;/h1-7,10,14H,8-9H2;1H. The molecule has 1 aliphatic heterocycles. The number of nitrogens with zero attached hydrogens (tertiary/aromatic N) is 2. The fourth-order valence-corrected chi connectivity index (χ4v) is 1.78. The molecule has 0 radical (unpaired) electrons. The number of nitrogens with one attached hydrogen (secondary N) is 1. The van der Waals surface area contributed by atoms with Crippen LogP contribution in [0.3, 0.4) is 0 Å². The van der Waals surface area contributed by atoms with Crippen molar-refractivity contribution in [3.8, 4) is 11.6 Å². The van der Waals surface area contributed by atoms with Crippen LogP contribution in [0, 0.1) is 0 Å². The lowest BCUT2D eigenvalue weighted by Crippen LogP contribution is -2.40. The first-order chi connectivity index (χ1) is 8.43. The highest BCUT2D eigenvalue weighted by atomic mass is 35.5.